The number of fused-ring (bicyclic) bond motifs is 2. The molecule has 0 fully saturated rings. The molecule has 0 aliphatic rings. The Morgan fingerprint density at radius 2 is 1.04 bits per heavy atom. The average molecular weight is 368 g/mol. The summed E-state index contributed by atoms with van der Waals surface area (Å²) in [4.78, 5) is 9.09. The highest BCUT2D eigenvalue weighted by Crippen LogP contribution is 2.15. The van der Waals surface area contributed by atoms with Crippen LogP contribution in [0.25, 0.3) is 21.8 Å². The highest BCUT2D eigenvalue weighted by Gasteiger charge is 2.01. The van der Waals surface area contributed by atoms with Gasteiger partial charge in [0.2, 0.25) is 0 Å². The lowest BCUT2D eigenvalue weighted by atomic mass is 10.2. The van der Waals surface area contributed by atoms with Crippen LogP contribution in [0.5, 0.6) is 0 Å². The van der Waals surface area contributed by atoms with Crippen LogP contribution in [0.1, 0.15) is 13.8 Å². The molecule has 2 heterocycles. The summed E-state index contributed by atoms with van der Waals surface area (Å²) in [6.45, 7) is 3.78. The van der Waals surface area contributed by atoms with E-state index in [2.05, 4.69) is 31.0 Å². The molecule has 2 aromatic heterocycles. The van der Waals surface area contributed by atoms with Gasteiger partial charge in [0.25, 0.3) is 0 Å². The number of benzene rings is 2. The average Bonchev–Trinajstić information content (AvgIpc) is 2.75. The Morgan fingerprint density at radius 3 is 1.50 bits per heavy atom. The van der Waals surface area contributed by atoms with Crippen LogP contribution in [0.3, 0.4) is 0 Å². The van der Waals surface area contributed by atoms with Crippen LogP contribution in [0.2, 0.25) is 0 Å². The van der Waals surface area contributed by atoms with Gasteiger partial charge in [0.1, 0.15) is 11.6 Å². The minimum absolute atomic E-state index is 0.690. The Morgan fingerprint density at radius 1 is 0.607 bits per heavy atom. The first-order valence-electron chi connectivity index (χ1n) is 9.01. The van der Waals surface area contributed by atoms with E-state index in [0.29, 0.717) is 11.6 Å². The third kappa shape index (κ3) is 3.96. The van der Waals surface area contributed by atoms with Crippen molar-refractivity contribution in [2.24, 2.45) is 10.2 Å². The maximum absolute atomic E-state index is 4.55. The monoisotopic (exact) mass is 368 g/mol. The van der Waals surface area contributed by atoms with Gasteiger partial charge in [-0.2, -0.15) is 10.2 Å². The first-order valence-corrected chi connectivity index (χ1v) is 9.01. The maximum Gasteiger partial charge on any atom is 0.146 e. The van der Waals surface area contributed by atoms with Crippen molar-refractivity contribution in [2.75, 3.05) is 10.9 Å². The zero-order valence-electron chi connectivity index (χ0n) is 15.7. The van der Waals surface area contributed by atoms with E-state index < -0.39 is 0 Å². The summed E-state index contributed by atoms with van der Waals surface area (Å²) in [5.41, 5.74) is 9.34. The highest BCUT2D eigenvalue weighted by molar-refractivity contribution is 6.40. The topological polar surface area (TPSA) is 74.6 Å². The summed E-state index contributed by atoms with van der Waals surface area (Å²) >= 11 is 0. The van der Waals surface area contributed by atoms with Crippen molar-refractivity contribution in [1.82, 2.24) is 9.97 Å². The third-order valence-corrected chi connectivity index (χ3v) is 4.40. The fraction of sp³-hybridized carbons (Fsp3) is 0.0909. The van der Waals surface area contributed by atoms with E-state index in [-0.39, 0.29) is 0 Å². The zero-order chi connectivity index (χ0) is 19.3. The van der Waals surface area contributed by atoms with Gasteiger partial charge < -0.3 is 0 Å². The van der Waals surface area contributed by atoms with Crippen LogP contribution in [0, 0.1) is 0 Å². The van der Waals surface area contributed by atoms with Gasteiger partial charge in [0, 0.05) is 10.8 Å². The number of nitrogens with zero attached hydrogens (tertiary/aromatic N) is 4. The molecule has 2 aromatic carbocycles. The van der Waals surface area contributed by atoms with E-state index in [9.17, 15) is 0 Å². The van der Waals surface area contributed by atoms with Gasteiger partial charge in [-0.3, -0.25) is 10.9 Å². The van der Waals surface area contributed by atoms with Crippen LogP contribution in [0.4, 0.5) is 11.6 Å². The normalized spacial score (nSPS) is 12.4. The van der Waals surface area contributed by atoms with Crippen molar-refractivity contribution < 1.29 is 0 Å². The SMILES string of the molecule is CC(=NNc1ccc2ccccc2n1)C(C)=NNc1ccc2ccccc2n1. The molecule has 0 spiro atoms. The molecule has 0 amide bonds. The van der Waals surface area contributed by atoms with Crippen molar-refractivity contribution in [3.05, 3.63) is 72.8 Å². The molecule has 4 rings (SSSR count). The molecule has 0 unspecified atom stereocenters. The largest absolute Gasteiger partial charge is 0.261 e. The molecular formula is C22H20N6. The molecular weight excluding hydrogens is 348 g/mol. The molecule has 28 heavy (non-hydrogen) atoms. The summed E-state index contributed by atoms with van der Waals surface area (Å²) in [7, 11) is 0. The third-order valence-electron chi connectivity index (χ3n) is 4.40. The van der Waals surface area contributed by atoms with Crippen molar-refractivity contribution >= 4 is 44.9 Å². The van der Waals surface area contributed by atoms with Crippen LogP contribution >= 0.6 is 0 Å². The Bertz CT molecular complexity index is 1100. The van der Waals surface area contributed by atoms with Gasteiger partial charge in [0.15, 0.2) is 0 Å². The predicted molar refractivity (Wildman–Crippen MR) is 117 cm³/mol. The number of hydrogen-bond donors (Lipinski definition) is 2. The van der Waals surface area contributed by atoms with Crippen molar-refractivity contribution in [2.45, 2.75) is 13.8 Å². The summed E-state index contributed by atoms with van der Waals surface area (Å²) in [5.74, 6) is 1.38. The number of para-hydroxylation sites is 2. The molecule has 0 aliphatic carbocycles. The second kappa shape index (κ2) is 7.84. The van der Waals surface area contributed by atoms with E-state index in [1.54, 1.807) is 0 Å². The number of aromatic nitrogens is 2. The lowest BCUT2D eigenvalue weighted by Crippen LogP contribution is -2.11. The van der Waals surface area contributed by atoms with Crippen molar-refractivity contribution in [3.63, 3.8) is 0 Å². The van der Waals surface area contributed by atoms with Crippen LogP contribution in [-0.2, 0) is 0 Å². The second-order valence-electron chi connectivity index (χ2n) is 6.40. The van der Waals surface area contributed by atoms with Crippen molar-refractivity contribution in [1.29, 1.82) is 0 Å². The first kappa shape index (κ1) is 17.6. The minimum atomic E-state index is 0.690. The van der Waals surface area contributed by atoms with E-state index in [0.717, 1.165) is 33.2 Å². The number of hydrazone groups is 2. The Kier molecular flexibility index (Phi) is 4.93. The Labute approximate surface area is 163 Å². The van der Waals surface area contributed by atoms with E-state index in [1.165, 1.54) is 0 Å². The number of rotatable bonds is 5. The highest BCUT2D eigenvalue weighted by atomic mass is 15.3. The second-order valence-corrected chi connectivity index (χ2v) is 6.40. The smallest absolute Gasteiger partial charge is 0.146 e. The van der Waals surface area contributed by atoms with E-state index in [1.807, 2.05) is 86.6 Å². The number of anilines is 2. The molecule has 138 valence electrons. The maximum atomic E-state index is 4.55. The molecule has 0 saturated carbocycles. The van der Waals surface area contributed by atoms with E-state index >= 15 is 0 Å². The molecule has 0 aliphatic heterocycles. The lowest BCUT2D eigenvalue weighted by molar-refractivity contribution is 1.24. The molecule has 0 bridgehead atoms. The summed E-state index contributed by atoms with van der Waals surface area (Å²) in [6.07, 6.45) is 0. The Balaban J connectivity index is 1.45. The number of hydrogen-bond acceptors (Lipinski definition) is 6. The quantitative estimate of drug-likeness (QED) is 0.381. The predicted octanol–water partition coefficient (Wildman–Crippen LogP) is 5.06. The summed E-state index contributed by atoms with van der Waals surface area (Å²) in [6, 6.07) is 23.8. The fourth-order valence-electron chi connectivity index (χ4n) is 2.70. The van der Waals surface area contributed by atoms with Gasteiger partial charge in [-0.05, 0) is 50.2 Å². The molecule has 0 atom stereocenters. The fourth-order valence-corrected chi connectivity index (χ4v) is 2.70. The standard InChI is InChI=1S/C22H20N6/c1-15(25-27-21-13-11-17-7-3-5-9-19(17)23-21)16(2)26-28-22-14-12-18-8-4-6-10-20(18)24-22/h3-14H,1-2H3,(H,23,27)(H,24,28). The molecule has 2 N–H and O–H groups in total. The van der Waals surface area contributed by atoms with Gasteiger partial charge in [0.05, 0.1) is 22.5 Å². The minimum Gasteiger partial charge on any atom is -0.261 e. The van der Waals surface area contributed by atoms with Crippen LogP contribution < -0.4 is 10.9 Å². The first-order chi connectivity index (χ1) is 13.7. The molecule has 0 radical (unpaired) electrons. The van der Waals surface area contributed by atoms with Gasteiger partial charge >= 0.3 is 0 Å². The van der Waals surface area contributed by atoms with E-state index in [4.69, 9.17) is 0 Å². The molecule has 4 aromatic rings. The van der Waals surface area contributed by atoms with Crippen LogP contribution in [0.15, 0.2) is 83.0 Å². The number of pyridine rings is 2. The van der Waals surface area contributed by atoms with Gasteiger partial charge in [-0.25, -0.2) is 9.97 Å². The van der Waals surface area contributed by atoms with Gasteiger partial charge in [-0.15, -0.1) is 0 Å². The summed E-state index contributed by atoms with van der Waals surface area (Å²) < 4.78 is 0. The van der Waals surface area contributed by atoms with Crippen molar-refractivity contribution in [3.8, 4) is 0 Å². The zero-order valence-corrected chi connectivity index (χ0v) is 15.7. The lowest BCUT2D eigenvalue weighted by Gasteiger charge is -2.05. The molecule has 6 heteroatoms. The molecule has 6 nitrogen and oxygen atoms in total. The van der Waals surface area contributed by atoms with Crippen LogP contribution in [-0.4, -0.2) is 21.4 Å². The summed E-state index contributed by atoms with van der Waals surface area (Å²) in [5, 5.41) is 10.9. The van der Waals surface area contributed by atoms with Gasteiger partial charge in [-0.1, -0.05) is 36.4 Å². The Hall–Kier alpha value is -3.80. The number of nitrogens with one attached hydrogen (secondary N) is 2. The molecule has 0 saturated heterocycles.